The van der Waals surface area contributed by atoms with Gasteiger partial charge in [-0.2, -0.15) is 13.2 Å². The maximum absolute atomic E-state index is 13.5. The standard InChI is InChI=1S/C25H24F3N5O3S/c1-3-4-5-6-7-11-33-22(35)17-14-32(12-10-18(17)31-24(33)37-15-21(34)36-2)23-29-19-9-8-16(25(26,27)28)13-20(19)30-23/h3-9,13H,1,10-12,14-15H2,2H3,(H,29,30)/b5-4-,7-6-. The lowest BCUT2D eigenvalue weighted by Crippen LogP contribution is -2.39. The van der Waals surface area contributed by atoms with Crippen LogP contribution in [0.2, 0.25) is 0 Å². The molecule has 2 aromatic heterocycles. The van der Waals surface area contributed by atoms with E-state index >= 15 is 0 Å². The van der Waals surface area contributed by atoms with Gasteiger partial charge >= 0.3 is 12.1 Å². The highest BCUT2D eigenvalue weighted by molar-refractivity contribution is 7.99. The second kappa shape index (κ2) is 11.1. The number of ether oxygens (including phenoxy) is 1. The van der Waals surface area contributed by atoms with Crippen LogP contribution in [-0.2, 0) is 35.2 Å². The lowest BCUT2D eigenvalue weighted by Gasteiger charge is -2.28. The molecule has 0 atom stereocenters. The van der Waals surface area contributed by atoms with E-state index in [-0.39, 0.29) is 29.9 Å². The van der Waals surface area contributed by atoms with Crippen molar-refractivity contribution in [3.8, 4) is 0 Å². The zero-order valence-electron chi connectivity index (χ0n) is 19.9. The van der Waals surface area contributed by atoms with Gasteiger partial charge in [-0.05, 0) is 18.2 Å². The summed E-state index contributed by atoms with van der Waals surface area (Å²) in [5.74, 6) is -0.0467. The van der Waals surface area contributed by atoms with Crippen LogP contribution < -0.4 is 10.5 Å². The summed E-state index contributed by atoms with van der Waals surface area (Å²) in [6.45, 7) is 4.49. The van der Waals surface area contributed by atoms with E-state index in [2.05, 4.69) is 21.5 Å². The molecular weight excluding hydrogens is 507 g/mol. The van der Waals surface area contributed by atoms with Gasteiger partial charge in [0.15, 0.2) is 5.16 Å². The first-order chi connectivity index (χ1) is 17.7. The average molecular weight is 532 g/mol. The van der Waals surface area contributed by atoms with Gasteiger partial charge in [0.05, 0.1) is 47.3 Å². The van der Waals surface area contributed by atoms with E-state index in [0.717, 1.165) is 23.9 Å². The van der Waals surface area contributed by atoms with E-state index in [1.54, 1.807) is 30.4 Å². The van der Waals surface area contributed by atoms with Crippen LogP contribution in [0, 0.1) is 0 Å². The first-order valence-corrected chi connectivity index (χ1v) is 12.3. The summed E-state index contributed by atoms with van der Waals surface area (Å²) < 4.78 is 45.5. The molecule has 1 aromatic carbocycles. The van der Waals surface area contributed by atoms with Crippen LogP contribution in [-0.4, -0.2) is 44.9 Å². The van der Waals surface area contributed by atoms with Crippen molar-refractivity contribution in [3.05, 3.63) is 82.3 Å². The van der Waals surface area contributed by atoms with Crippen molar-refractivity contribution in [1.82, 2.24) is 19.5 Å². The lowest BCUT2D eigenvalue weighted by molar-refractivity contribution is -0.138. The molecule has 8 nitrogen and oxygen atoms in total. The number of benzene rings is 1. The number of methoxy groups -OCH3 is 1. The minimum atomic E-state index is -4.46. The average Bonchev–Trinajstić information content (AvgIpc) is 3.31. The molecule has 3 heterocycles. The second-order valence-electron chi connectivity index (χ2n) is 8.11. The van der Waals surface area contributed by atoms with E-state index in [0.29, 0.717) is 40.8 Å². The molecule has 0 unspecified atom stereocenters. The van der Waals surface area contributed by atoms with E-state index < -0.39 is 17.7 Å². The Morgan fingerprint density at radius 3 is 2.81 bits per heavy atom. The first-order valence-electron chi connectivity index (χ1n) is 11.3. The number of hydrogen-bond acceptors (Lipinski definition) is 7. The fraction of sp³-hybridized carbons (Fsp3) is 0.280. The Balaban J connectivity index is 1.65. The monoisotopic (exact) mass is 531 g/mol. The Kier molecular flexibility index (Phi) is 7.86. The van der Waals surface area contributed by atoms with Crippen molar-refractivity contribution in [2.75, 3.05) is 24.3 Å². The smallest absolute Gasteiger partial charge is 0.416 e. The van der Waals surface area contributed by atoms with E-state index in [9.17, 15) is 22.8 Å². The number of nitrogens with zero attached hydrogens (tertiary/aromatic N) is 4. The number of fused-ring (bicyclic) bond motifs is 2. The molecule has 0 saturated carbocycles. The molecule has 0 amide bonds. The molecule has 4 rings (SSSR count). The first kappa shape index (κ1) is 26.3. The van der Waals surface area contributed by atoms with Crippen molar-refractivity contribution >= 4 is 34.7 Å². The molecule has 0 spiro atoms. The van der Waals surface area contributed by atoms with Gasteiger partial charge in [-0.15, -0.1) is 0 Å². The van der Waals surface area contributed by atoms with Crippen molar-refractivity contribution in [2.24, 2.45) is 0 Å². The molecule has 1 aliphatic rings. The SMILES string of the molecule is C=C/C=C\C=C/Cn1c(SCC(=O)OC)nc2c(c1=O)CN(c1nc3ccc(C(F)(F)F)cc3[nH]1)CC2. The number of hydrogen-bond donors (Lipinski definition) is 1. The number of carbonyl (C=O) groups excluding carboxylic acids is 1. The number of rotatable bonds is 8. The molecule has 3 aromatic rings. The van der Waals surface area contributed by atoms with Crippen molar-refractivity contribution in [3.63, 3.8) is 0 Å². The number of aromatic nitrogens is 4. The van der Waals surface area contributed by atoms with E-state index in [1.807, 2.05) is 4.90 Å². The van der Waals surface area contributed by atoms with E-state index in [4.69, 9.17) is 4.74 Å². The topological polar surface area (TPSA) is 93.1 Å². The minimum Gasteiger partial charge on any atom is -0.468 e. The molecule has 194 valence electrons. The number of esters is 1. The van der Waals surface area contributed by atoms with Gasteiger partial charge in [-0.1, -0.05) is 48.7 Å². The molecule has 37 heavy (non-hydrogen) atoms. The largest absolute Gasteiger partial charge is 0.468 e. The third kappa shape index (κ3) is 5.96. The summed E-state index contributed by atoms with van der Waals surface area (Å²) in [5, 5.41) is 0.406. The molecular formula is C25H24F3N5O3S. The normalized spacial score (nSPS) is 14.0. The highest BCUT2D eigenvalue weighted by atomic mass is 32.2. The molecule has 0 bridgehead atoms. The summed E-state index contributed by atoms with van der Waals surface area (Å²) in [7, 11) is 1.29. The van der Waals surface area contributed by atoms with Crippen LogP contribution in [0.1, 0.15) is 16.8 Å². The molecule has 12 heteroatoms. The zero-order chi connectivity index (χ0) is 26.6. The number of H-pyrrole nitrogens is 1. The number of thioether (sulfide) groups is 1. The Hall–Kier alpha value is -3.80. The molecule has 0 radical (unpaired) electrons. The van der Waals surface area contributed by atoms with Gasteiger partial charge in [-0.3, -0.25) is 14.2 Å². The Morgan fingerprint density at radius 1 is 1.27 bits per heavy atom. The third-order valence-electron chi connectivity index (χ3n) is 5.71. The highest BCUT2D eigenvalue weighted by Crippen LogP contribution is 2.32. The number of allylic oxidation sites excluding steroid dienone is 5. The van der Waals surface area contributed by atoms with Crippen molar-refractivity contribution in [2.45, 2.75) is 30.8 Å². The number of imidazole rings is 1. The number of carbonyl (C=O) groups is 1. The Bertz CT molecular complexity index is 1440. The third-order valence-corrected chi connectivity index (χ3v) is 6.66. The summed E-state index contributed by atoms with van der Waals surface area (Å²) >= 11 is 1.12. The van der Waals surface area contributed by atoms with Gasteiger partial charge in [0.2, 0.25) is 5.95 Å². The van der Waals surface area contributed by atoms with Crippen LogP contribution in [0.5, 0.6) is 0 Å². The van der Waals surface area contributed by atoms with Gasteiger partial charge in [0.1, 0.15) is 0 Å². The summed E-state index contributed by atoms with van der Waals surface area (Å²) in [5.41, 5.74) is 0.736. The molecule has 0 fully saturated rings. The van der Waals surface area contributed by atoms with Crippen LogP contribution >= 0.6 is 11.8 Å². The number of halogens is 3. The summed E-state index contributed by atoms with van der Waals surface area (Å²) in [6.07, 6.45) is 4.69. The maximum Gasteiger partial charge on any atom is 0.416 e. The lowest BCUT2D eigenvalue weighted by atomic mass is 10.1. The fourth-order valence-electron chi connectivity index (χ4n) is 3.84. The quantitative estimate of drug-likeness (QED) is 0.201. The van der Waals surface area contributed by atoms with Crippen molar-refractivity contribution < 1.29 is 22.7 Å². The van der Waals surface area contributed by atoms with Gasteiger partial charge in [-0.25, -0.2) is 9.97 Å². The molecule has 0 saturated heterocycles. The molecule has 1 aliphatic heterocycles. The number of nitrogens with one attached hydrogen (secondary N) is 1. The van der Waals surface area contributed by atoms with Crippen LogP contribution in [0.25, 0.3) is 11.0 Å². The Morgan fingerprint density at radius 2 is 2.08 bits per heavy atom. The minimum absolute atomic E-state index is 0.00678. The maximum atomic E-state index is 13.5. The van der Waals surface area contributed by atoms with Gasteiger partial charge in [0, 0.05) is 19.5 Å². The molecule has 0 aliphatic carbocycles. The highest BCUT2D eigenvalue weighted by Gasteiger charge is 2.31. The number of alkyl halides is 3. The predicted molar refractivity (Wildman–Crippen MR) is 136 cm³/mol. The van der Waals surface area contributed by atoms with Gasteiger partial charge < -0.3 is 14.6 Å². The summed E-state index contributed by atoms with van der Waals surface area (Å²) in [6, 6.07) is 3.34. The van der Waals surface area contributed by atoms with Crippen LogP contribution in [0.3, 0.4) is 0 Å². The van der Waals surface area contributed by atoms with E-state index in [1.165, 1.54) is 17.7 Å². The fourth-order valence-corrected chi connectivity index (χ4v) is 4.69. The second-order valence-corrected chi connectivity index (χ2v) is 9.05. The Labute approximate surface area is 214 Å². The van der Waals surface area contributed by atoms with Crippen LogP contribution in [0.4, 0.5) is 19.1 Å². The zero-order valence-corrected chi connectivity index (χ0v) is 20.7. The number of aromatic amines is 1. The number of anilines is 1. The predicted octanol–water partition coefficient (Wildman–Crippen LogP) is 4.26. The van der Waals surface area contributed by atoms with Crippen LogP contribution in [0.15, 0.2) is 65.1 Å². The van der Waals surface area contributed by atoms with Gasteiger partial charge in [0.25, 0.3) is 5.56 Å². The summed E-state index contributed by atoms with van der Waals surface area (Å²) in [4.78, 5) is 39.1. The van der Waals surface area contributed by atoms with Crippen molar-refractivity contribution in [1.29, 1.82) is 0 Å². The molecule has 1 N–H and O–H groups in total.